The number of nitrogens with zero attached hydrogens (tertiary/aromatic N) is 1. The van der Waals surface area contributed by atoms with Crippen molar-refractivity contribution >= 4 is 0 Å². The summed E-state index contributed by atoms with van der Waals surface area (Å²) in [6.45, 7) is 3.77. The van der Waals surface area contributed by atoms with Gasteiger partial charge in [-0.25, -0.2) is 8.78 Å². The molecular weight excluding hydrogens is 246 g/mol. The molecule has 1 atom stereocenters. The third kappa shape index (κ3) is 3.12. The Balaban J connectivity index is 1.83. The zero-order chi connectivity index (χ0) is 13.2. The zero-order valence-corrected chi connectivity index (χ0v) is 11.0. The largest absolute Gasteiger partial charge is 0.314 e. The Hall–Kier alpha value is -1.00. The fourth-order valence-corrected chi connectivity index (χ4v) is 2.91. The number of benzene rings is 1. The molecule has 2 fully saturated rings. The molecule has 0 unspecified atom stereocenters. The Bertz CT molecular complexity index is 440. The summed E-state index contributed by atoms with van der Waals surface area (Å²) < 4.78 is 27.1. The molecule has 1 aliphatic heterocycles. The molecule has 1 heterocycles. The molecule has 2 aliphatic rings. The summed E-state index contributed by atoms with van der Waals surface area (Å²) in [5, 5.41) is 3.32. The normalized spacial score (nSPS) is 22.4. The van der Waals surface area contributed by atoms with Crippen LogP contribution in [0.4, 0.5) is 8.78 Å². The fraction of sp³-hybridized carbons (Fsp3) is 0.600. The van der Waals surface area contributed by atoms with Gasteiger partial charge in [-0.3, -0.25) is 4.90 Å². The minimum absolute atomic E-state index is 0.107. The van der Waals surface area contributed by atoms with Crippen LogP contribution in [0, 0.1) is 17.6 Å². The molecule has 3 rings (SSSR count). The molecule has 1 saturated carbocycles. The molecule has 1 aromatic carbocycles. The van der Waals surface area contributed by atoms with Crippen molar-refractivity contribution in [1.82, 2.24) is 10.2 Å². The minimum atomic E-state index is -0.494. The lowest BCUT2D eigenvalue weighted by Gasteiger charge is -2.35. The zero-order valence-electron chi connectivity index (χ0n) is 11.0. The second kappa shape index (κ2) is 5.55. The second-order valence-electron chi connectivity index (χ2n) is 5.65. The number of hydrogen-bond donors (Lipinski definition) is 1. The predicted octanol–water partition coefficient (Wildman–Crippen LogP) is 2.71. The second-order valence-corrected chi connectivity index (χ2v) is 5.65. The number of halogens is 2. The van der Waals surface area contributed by atoms with Crippen molar-refractivity contribution in [3.63, 3.8) is 0 Å². The van der Waals surface area contributed by atoms with Gasteiger partial charge in [-0.1, -0.05) is 18.9 Å². The molecule has 0 bridgehead atoms. The highest BCUT2D eigenvalue weighted by Crippen LogP contribution is 2.40. The molecule has 4 heteroatoms. The molecule has 1 aliphatic carbocycles. The van der Waals surface area contributed by atoms with Crippen molar-refractivity contribution in [1.29, 1.82) is 0 Å². The highest BCUT2D eigenvalue weighted by atomic mass is 19.1. The molecule has 0 aromatic heterocycles. The molecule has 1 N–H and O–H groups in total. The first-order chi connectivity index (χ1) is 9.24. The van der Waals surface area contributed by atoms with Crippen molar-refractivity contribution in [2.24, 2.45) is 5.92 Å². The maximum Gasteiger partial charge on any atom is 0.130 e. The lowest BCUT2D eigenvalue weighted by Crippen LogP contribution is -2.45. The van der Waals surface area contributed by atoms with Gasteiger partial charge in [0, 0.05) is 43.9 Å². The molecule has 1 saturated heterocycles. The van der Waals surface area contributed by atoms with E-state index in [2.05, 4.69) is 10.2 Å². The molecule has 1 aromatic rings. The summed E-state index contributed by atoms with van der Waals surface area (Å²) in [5.74, 6) is -0.166. The Morgan fingerprint density at radius 3 is 2.58 bits per heavy atom. The molecule has 0 radical (unpaired) electrons. The first kappa shape index (κ1) is 13.0. The van der Waals surface area contributed by atoms with Gasteiger partial charge in [0.05, 0.1) is 0 Å². The maximum atomic E-state index is 14.0. The Labute approximate surface area is 112 Å². The van der Waals surface area contributed by atoms with E-state index in [0.29, 0.717) is 5.56 Å². The topological polar surface area (TPSA) is 15.3 Å². The van der Waals surface area contributed by atoms with Crippen LogP contribution in [-0.2, 0) is 0 Å². The van der Waals surface area contributed by atoms with Crippen molar-refractivity contribution in [2.75, 3.05) is 26.2 Å². The number of nitrogens with one attached hydrogen (secondary N) is 1. The summed E-state index contributed by atoms with van der Waals surface area (Å²) in [5.41, 5.74) is 0.662. The molecule has 2 nitrogen and oxygen atoms in total. The van der Waals surface area contributed by atoms with Crippen LogP contribution in [0.2, 0.25) is 0 Å². The highest BCUT2D eigenvalue weighted by molar-refractivity contribution is 5.23. The van der Waals surface area contributed by atoms with E-state index < -0.39 is 11.6 Å². The summed E-state index contributed by atoms with van der Waals surface area (Å²) in [6.07, 6.45) is 3.51. The first-order valence-corrected chi connectivity index (χ1v) is 7.14. The third-order valence-electron chi connectivity index (χ3n) is 4.17. The maximum absolute atomic E-state index is 14.0. The quantitative estimate of drug-likeness (QED) is 0.901. The van der Waals surface area contributed by atoms with Crippen LogP contribution in [0.25, 0.3) is 0 Å². The van der Waals surface area contributed by atoms with Crippen LogP contribution in [0.3, 0.4) is 0 Å². The van der Waals surface area contributed by atoms with Gasteiger partial charge in [0.25, 0.3) is 0 Å². The molecular formula is C15H20F2N2. The molecule has 104 valence electrons. The van der Waals surface area contributed by atoms with Gasteiger partial charge in [-0.2, -0.15) is 0 Å². The van der Waals surface area contributed by atoms with Gasteiger partial charge >= 0.3 is 0 Å². The van der Waals surface area contributed by atoms with Crippen molar-refractivity contribution < 1.29 is 8.78 Å². The lowest BCUT2D eigenvalue weighted by atomic mass is 9.98. The number of rotatable bonds is 4. The van der Waals surface area contributed by atoms with Crippen molar-refractivity contribution in [3.8, 4) is 0 Å². The predicted molar refractivity (Wildman–Crippen MR) is 70.9 cm³/mol. The lowest BCUT2D eigenvalue weighted by molar-refractivity contribution is 0.157. The van der Waals surface area contributed by atoms with Crippen LogP contribution >= 0.6 is 0 Å². The van der Waals surface area contributed by atoms with Gasteiger partial charge in [0.2, 0.25) is 0 Å². The summed E-state index contributed by atoms with van der Waals surface area (Å²) in [6, 6.07) is 4.12. The van der Waals surface area contributed by atoms with Crippen LogP contribution in [-0.4, -0.2) is 31.1 Å². The van der Waals surface area contributed by atoms with E-state index in [9.17, 15) is 8.78 Å². The van der Waals surface area contributed by atoms with Gasteiger partial charge in [0.15, 0.2) is 0 Å². The minimum Gasteiger partial charge on any atom is -0.314 e. The SMILES string of the molecule is Fc1ccc([C@H](CC2CC2)N2CCNCC2)c(F)c1. The standard InChI is InChI=1S/C15H20F2N2/c16-12-3-4-13(14(17)10-12)15(9-11-1-2-11)19-7-5-18-6-8-19/h3-4,10-11,15,18H,1-2,5-9H2/t15-/m0/s1. The molecule has 0 amide bonds. The van der Waals surface area contributed by atoms with E-state index in [1.807, 2.05) is 0 Å². The monoisotopic (exact) mass is 266 g/mol. The third-order valence-corrected chi connectivity index (χ3v) is 4.17. The van der Waals surface area contributed by atoms with Crippen LogP contribution in [0.15, 0.2) is 18.2 Å². The van der Waals surface area contributed by atoms with Crippen LogP contribution < -0.4 is 5.32 Å². The van der Waals surface area contributed by atoms with Crippen LogP contribution in [0.5, 0.6) is 0 Å². The van der Waals surface area contributed by atoms with Crippen molar-refractivity contribution in [2.45, 2.75) is 25.3 Å². The smallest absolute Gasteiger partial charge is 0.130 e. The highest BCUT2D eigenvalue weighted by Gasteiger charge is 2.31. The average Bonchev–Trinajstić information content (AvgIpc) is 3.22. The number of piperazine rings is 1. The van der Waals surface area contributed by atoms with Gasteiger partial charge < -0.3 is 5.32 Å². The van der Waals surface area contributed by atoms with E-state index in [1.165, 1.54) is 18.9 Å². The summed E-state index contributed by atoms with van der Waals surface area (Å²) in [7, 11) is 0. The van der Waals surface area contributed by atoms with Gasteiger partial charge in [-0.05, 0) is 18.4 Å². The Morgan fingerprint density at radius 1 is 1.21 bits per heavy atom. The number of hydrogen-bond acceptors (Lipinski definition) is 2. The molecule has 0 spiro atoms. The van der Waals surface area contributed by atoms with Gasteiger partial charge in [-0.15, -0.1) is 0 Å². The van der Waals surface area contributed by atoms with Crippen molar-refractivity contribution in [3.05, 3.63) is 35.4 Å². The first-order valence-electron chi connectivity index (χ1n) is 7.14. The van der Waals surface area contributed by atoms with E-state index in [4.69, 9.17) is 0 Å². The van der Waals surface area contributed by atoms with E-state index in [-0.39, 0.29) is 6.04 Å². The van der Waals surface area contributed by atoms with Crippen LogP contribution in [0.1, 0.15) is 30.9 Å². The fourth-order valence-electron chi connectivity index (χ4n) is 2.91. The van der Waals surface area contributed by atoms with E-state index >= 15 is 0 Å². The van der Waals surface area contributed by atoms with E-state index in [1.54, 1.807) is 6.07 Å². The Morgan fingerprint density at radius 2 is 1.95 bits per heavy atom. The Kier molecular flexibility index (Phi) is 3.80. The summed E-state index contributed by atoms with van der Waals surface area (Å²) in [4.78, 5) is 2.34. The molecule has 19 heavy (non-hydrogen) atoms. The average molecular weight is 266 g/mol. The summed E-state index contributed by atoms with van der Waals surface area (Å²) >= 11 is 0. The van der Waals surface area contributed by atoms with Gasteiger partial charge in [0.1, 0.15) is 11.6 Å². The van der Waals surface area contributed by atoms with E-state index in [0.717, 1.165) is 44.6 Å².